The van der Waals surface area contributed by atoms with E-state index in [-0.39, 0.29) is 0 Å². The Morgan fingerprint density at radius 3 is 2.04 bits per heavy atom. The third-order valence-corrected chi connectivity index (χ3v) is 4.11. The lowest BCUT2D eigenvalue weighted by atomic mass is 10.2. The Bertz CT molecular complexity index is 1060. The summed E-state index contributed by atoms with van der Waals surface area (Å²) in [5.74, 6) is 1.53. The van der Waals surface area contributed by atoms with E-state index in [4.69, 9.17) is 4.74 Å². The molecule has 0 saturated heterocycles. The Balaban J connectivity index is 1.62. The van der Waals surface area contributed by atoms with Crippen LogP contribution in [0.25, 0.3) is 11.4 Å². The zero-order chi connectivity index (χ0) is 18.1. The SMILES string of the molecule is Cc1ccn(-c2cccc(Oc3cccc(-n4nc(C)cc4C)c3)c2)n1. The van der Waals surface area contributed by atoms with Gasteiger partial charge in [-0.1, -0.05) is 12.1 Å². The molecule has 5 nitrogen and oxygen atoms in total. The Morgan fingerprint density at radius 2 is 1.42 bits per heavy atom. The van der Waals surface area contributed by atoms with E-state index in [1.807, 2.05) is 90.9 Å². The molecule has 0 amide bonds. The van der Waals surface area contributed by atoms with Gasteiger partial charge in [-0.05, 0) is 57.2 Å². The summed E-state index contributed by atoms with van der Waals surface area (Å²) in [7, 11) is 0. The molecule has 0 aliphatic carbocycles. The molecular formula is C21H20N4O. The van der Waals surface area contributed by atoms with Gasteiger partial charge in [-0.3, -0.25) is 0 Å². The highest BCUT2D eigenvalue weighted by molar-refractivity contribution is 5.44. The largest absolute Gasteiger partial charge is 0.457 e. The maximum atomic E-state index is 6.07. The van der Waals surface area contributed by atoms with Crippen LogP contribution in [0.3, 0.4) is 0 Å². The average molecular weight is 344 g/mol. The Labute approximate surface area is 152 Å². The van der Waals surface area contributed by atoms with Gasteiger partial charge in [-0.25, -0.2) is 9.36 Å². The lowest BCUT2D eigenvalue weighted by molar-refractivity contribution is 0.481. The van der Waals surface area contributed by atoms with E-state index in [1.165, 1.54) is 0 Å². The number of rotatable bonds is 4. The van der Waals surface area contributed by atoms with Crippen molar-refractivity contribution in [2.24, 2.45) is 0 Å². The van der Waals surface area contributed by atoms with Crippen molar-refractivity contribution in [2.75, 3.05) is 0 Å². The molecule has 0 saturated carbocycles. The van der Waals surface area contributed by atoms with Crippen molar-refractivity contribution < 1.29 is 4.74 Å². The molecule has 5 heteroatoms. The van der Waals surface area contributed by atoms with Gasteiger partial charge in [0.15, 0.2) is 0 Å². The van der Waals surface area contributed by atoms with Crippen LogP contribution < -0.4 is 4.74 Å². The molecule has 2 aromatic carbocycles. The van der Waals surface area contributed by atoms with Crippen molar-refractivity contribution in [3.8, 4) is 22.9 Å². The summed E-state index contributed by atoms with van der Waals surface area (Å²) in [5, 5.41) is 8.98. The van der Waals surface area contributed by atoms with Crippen LogP contribution in [0.1, 0.15) is 17.1 Å². The highest BCUT2D eigenvalue weighted by atomic mass is 16.5. The van der Waals surface area contributed by atoms with Crippen molar-refractivity contribution in [3.63, 3.8) is 0 Å². The lowest BCUT2D eigenvalue weighted by Crippen LogP contribution is -1.99. The van der Waals surface area contributed by atoms with Crippen LogP contribution in [0.15, 0.2) is 66.9 Å². The lowest BCUT2D eigenvalue weighted by Gasteiger charge is -2.10. The second-order valence-corrected chi connectivity index (χ2v) is 6.34. The number of aromatic nitrogens is 4. The fraction of sp³-hybridized carbons (Fsp3) is 0.143. The first-order valence-electron chi connectivity index (χ1n) is 8.53. The molecule has 130 valence electrons. The fourth-order valence-corrected chi connectivity index (χ4v) is 2.95. The van der Waals surface area contributed by atoms with Crippen molar-refractivity contribution >= 4 is 0 Å². The van der Waals surface area contributed by atoms with Crippen LogP contribution in [0.5, 0.6) is 11.5 Å². The van der Waals surface area contributed by atoms with Gasteiger partial charge in [0.25, 0.3) is 0 Å². The van der Waals surface area contributed by atoms with Gasteiger partial charge in [0.05, 0.1) is 22.8 Å². The molecular weight excluding hydrogens is 324 g/mol. The van der Waals surface area contributed by atoms with Gasteiger partial charge in [0.1, 0.15) is 11.5 Å². The number of nitrogens with zero attached hydrogens (tertiary/aromatic N) is 4. The predicted molar refractivity (Wildman–Crippen MR) is 101 cm³/mol. The summed E-state index contributed by atoms with van der Waals surface area (Å²) in [4.78, 5) is 0. The molecule has 0 radical (unpaired) electrons. The van der Waals surface area contributed by atoms with Crippen LogP contribution in [-0.2, 0) is 0 Å². The average Bonchev–Trinajstić information content (AvgIpc) is 3.20. The number of hydrogen-bond acceptors (Lipinski definition) is 3. The maximum absolute atomic E-state index is 6.07. The molecule has 2 heterocycles. The van der Waals surface area contributed by atoms with E-state index < -0.39 is 0 Å². The van der Waals surface area contributed by atoms with E-state index in [9.17, 15) is 0 Å². The second-order valence-electron chi connectivity index (χ2n) is 6.34. The smallest absolute Gasteiger partial charge is 0.129 e. The Hall–Kier alpha value is -3.34. The summed E-state index contributed by atoms with van der Waals surface area (Å²) in [5.41, 5.74) is 5.01. The maximum Gasteiger partial charge on any atom is 0.129 e. The van der Waals surface area contributed by atoms with Crippen molar-refractivity contribution in [3.05, 3.63) is 83.9 Å². The Kier molecular flexibility index (Phi) is 4.05. The molecule has 0 spiro atoms. The van der Waals surface area contributed by atoms with E-state index in [0.29, 0.717) is 0 Å². The van der Waals surface area contributed by atoms with Gasteiger partial charge >= 0.3 is 0 Å². The molecule has 26 heavy (non-hydrogen) atoms. The molecule has 2 aromatic heterocycles. The van der Waals surface area contributed by atoms with Gasteiger partial charge in [0, 0.05) is 24.0 Å². The molecule has 0 aliphatic rings. The van der Waals surface area contributed by atoms with Gasteiger partial charge < -0.3 is 4.74 Å². The van der Waals surface area contributed by atoms with Crippen LogP contribution in [-0.4, -0.2) is 19.6 Å². The van der Waals surface area contributed by atoms with Gasteiger partial charge in [-0.2, -0.15) is 10.2 Å². The molecule has 0 fully saturated rings. The summed E-state index contributed by atoms with van der Waals surface area (Å²) in [6, 6.07) is 19.9. The van der Waals surface area contributed by atoms with E-state index in [1.54, 1.807) is 0 Å². The van der Waals surface area contributed by atoms with Gasteiger partial charge in [-0.15, -0.1) is 0 Å². The number of aryl methyl sites for hydroxylation is 3. The van der Waals surface area contributed by atoms with Crippen LogP contribution >= 0.6 is 0 Å². The van der Waals surface area contributed by atoms with E-state index in [2.05, 4.69) is 16.3 Å². The van der Waals surface area contributed by atoms with Crippen molar-refractivity contribution in [1.82, 2.24) is 19.6 Å². The minimum Gasteiger partial charge on any atom is -0.457 e. The summed E-state index contributed by atoms with van der Waals surface area (Å²) >= 11 is 0. The first kappa shape index (κ1) is 16.1. The minimum atomic E-state index is 0.765. The molecule has 0 unspecified atom stereocenters. The third-order valence-electron chi connectivity index (χ3n) is 4.11. The Morgan fingerprint density at radius 1 is 0.731 bits per heavy atom. The first-order chi connectivity index (χ1) is 12.6. The molecule has 0 bridgehead atoms. The number of hydrogen-bond donors (Lipinski definition) is 0. The third kappa shape index (κ3) is 3.24. The van der Waals surface area contributed by atoms with Crippen LogP contribution in [0, 0.1) is 20.8 Å². The predicted octanol–water partition coefficient (Wildman–Crippen LogP) is 4.78. The molecule has 0 aliphatic heterocycles. The second kappa shape index (κ2) is 6.52. The number of benzene rings is 2. The quantitative estimate of drug-likeness (QED) is 0.535. The molecule has 4 aromatic rings. The normalized spacial score (nSPS) is 10.9. The van der Waals surface area contributed by atoms with Crippen molar-refractivity contribution in [2.45, 2.75) is 20.8 Å². The molecule has 0 atom stereocenters. The monoisotopic (exact) mass is 344 g/mol. The topological polar surface area (TPSA) is 44.9 Å². The minimum absolute atomic E-state index is 0.765. The summed E-state index contributed by atoms with van der Waals surface area (Å²) in [6.45, 7) is 6.01. The standard InChI is InChI=1S/C21H20N4O/c1-15-10-11-24(22-15)18-6-4-8-20(13-18)26-21-9-5-7-19(14-21)25-17(3)12-16(2)23-25/h4-14H,1-3H3. The zero-order valence-corrected chi connectivity index (χ0v) is 15.0. The highest BCUT2D eigenvalue weighted by Crippen LogP contribution is 2.26. The highest BCUT2D eigenvalue weighted by Gasteiger charge is 2.06. The zero-order valence-electron chi connectivity index (χ0n) is 15.0. The van der Waals surface area contributed by atoms with E-state index in [0.717, 1.165) is 40.0 Å². The summed E-state index contributed by atoms with van der Waals surface area (Å²) in [6.07, 6.45) is 1.94. The van der Waals surface area contributed by atoms with E-state index >= 15 is 0 Å². The molecule has 0 N–H and O–H groups in total. The molecule has 4 rings (SSSR count). The van der Waals surface area contributed by atoms with Crippen molar-refractivity contribution in [1.29, 1.82) is 0 Å². The van der Waals surface area contributed by atoms with Crippen LogP contribution in [0.2, 0.25) is 0 Å². The van der Waals surface area contributed by atoms with Gasteiger partial charge in [0.2, 0.25) is 0 Å². The number of ether oxygens (including phenoxy) is 1. The summed E-state index contributed by atoms with van der Waals surface area (Å²) < 4.78 is 9.84. The fourth-order valence-electron chi connectivity index (χ4n) is 2.95. The first-order valence-corrected chi connectivity index (χ1v) is 8.53. The van der Waals surface area contributed by atoms with Crippen LogP contribution in [0.4, 0.5) is 0 Å².